The van der Waals surface area contributed by atoms with Crippen molar-refractivity contribution >= 4 is 16.7 Å². The smallest absolute Gasteiger partial charge is 0.202 e. The number of aromatic nitrogens is 2. The van der Waals surface area contributed by atoms with Crippen molar-refractivity contribution in [1.82, 2.24) is 9.36 Å². The predicted molar refractivity (Wildman–Crippen MR) is 66.7 cm³/mol. The Labute approximate surface area is 105 Å². The normalized spacial score (nSPS) is 10.7. The number of ether oxygens (including phenoxy) is 3. The van der Waals surface area contributed by atoms with E-state index >= 15 is 0 Å². The highest BCUT2D eigenvalue weighted by atomic mass is 32.1. The zero-order valence-corrected chi connectivity index (χ0v) is 11.1. The molecule has 0 saturated carbocycles. The summed E-state index contributed by atoms with van der Waals surface area (Å²) in [7, 11) is 3.33. The molecule has 1 aromatic heterocycles. The van der Waals surface area contributed by atoms with E-state index in [1.165, 1.54) is 11.5 Å². The van der Waals surface area contributed by atoms with Crippen LogP contribution in [0.4, 0.5) is 5.13 Å². The number of hydrogen-bond acceptors (Lipinski definition) is 7. The molecule has 0 spiro atoms. The summed E-state index contributed by atoms with van der Waals surface area (Å²) in [5.41, 5.74) is 0. The number of methoxy groups -OCH3 is 2. The maximum atomic E-state index is 5.34. The summed E-state index contributed by atoms with van der Waals surface area (Å²) in [6.07, 6.45) is 0.728. The molecule has 1 N–H and O–H groups in total. The third-order valence-corrected chi connectivity index (χ3v) is 2.66. The molecular weight excluding hydrogens is 242 g/mol. The van der Waals surface area contributed by atoms with Gasteiger partial charge in [-0.2, -0.15) is 4.37 Å². The van der Waals surface area contributed by atoms with Gasteiger partial charge in [-0.05, 0) is 0 Å². The summed E-state index contributed by atoms with van der Waals surface area (Å²) in [5.74, 6) is 0.812. The number of nitrogens with one attached hydrogen (secondary N) is 1. The molecule has 1 aromatic rings. The quantitative estimate of drug-likeness (QED) is 0.629. The zero-order valence-electron chi connectivity index (χ0n) is 10.3. The fourth-order valence-corrected chi connectivity index (χ4v) is 1.73. The highest BCUT2D eigenvalue weighted by molar-refractivity contribution is 7.09. The molecule has 6 nitrogen and oxygen atoms in total. The van der Waals surface area contributed by atoms with Crippen molar-refractivity contribution in [2.45, 2.75) is 6.42 Å². The lowest BCUT2D eigenvalue weighted by atomic mass is 10.4. The second-order valence-corrected chi connectivity index (χ2v) is 4.04. The van der Waals surface area contributed by atoms with E-state index in [9.17, 15) is 0 Å². The van der Waals surface area contributed by atoms with Gasteiger partial charge in [0.2, 0.25) is 5.13 Å². The van der Waals surface area contributed by atoms with Crippen LogP contribution in [0, 0.1) is 0 Å². The molecular formula is C10H19N3O3S. The molecule has 0 aliphatic carbocycles. The lowest BCUT2D eigenvalue weighted by Crippen LogP contribution is -2.08. The number of hydrogen-bond donors (Lipinski definition) is 1. The highest BCUT2D eigenvalue weighted by Crippen LogP contribution is 2.10. The summed E-state index contributed by atoms with van der Waals surface area (Å²) in [6.45, 7) is 3.26. The van der Waals surface area contributed by atoms with Crippen LogP contribution < -0.4 is 5.32 Å². The van der Waals surface area contributed by atoms with Gasteiger partial charge in [0.25, 0.3) is 0 Å². The van der Waals surface area contributed by atoms with E-state index in [2.05, 4.69) is 14.7 Å². The average Bonchev–Trinajstić information content (AvgIpc) is 2.77. The monoisotopic (exact) mass is 261 g/mol. The molecule has 0 aromatic carbocycles. The lowest BCUT2D eigenvalue weighted by molar-refractivity contribution is 0.0717. The summed E-state index contributed by atoms with van der Waals surface area (Å²) < 4.78 is 19.4. The lowest BCUT2D eigenvalue weighted by Gasteiger charge is -2.01. The first kappa shape index (κ1) is 14.3. The minimum Gasteiger partial charge on any atom is -0.383 e. The van der Waals surface area contributed by atoms with Gasteiger partial charge >= 0.3 is 0 Å². The molecule has 98 valence electrons. The molecule has 1 heterocycles. The van der Waals surface area contributed by atoms with Crippen LogP contribution in [0.15, 0.2) is 0 Å². The highest BCUT2D eigenvalue weighted by Gasteiger charge is 2.03. The van der Waals surface area contributed by atoms with Crippen LogP contribution in [0.2, 0.25) is 0 Å². The fraction of sp³-hybridized carbons (Fsp3) is 0.800. The summed E-state index contributed by atoms with van der Waals surface area (Å²) in [4.78, 5) is 4.33. The Kier molecular flexibility index (Phi) is 7.81. The molecule has 0 radical (unpaired) electrons. The van der Waals surface area contributed by atoms with Gasteiger partial charge in [0.15, 0.2) is 0 Å². The van der Waals surface area contributed by atoms with Crippen LogP contribution in [0.5, 0.6) is 0 Å². The van der Waals surface area contributed by atoms with E-state index in [1.54, 1.807) is 14.2 Å². The Bertz CT molecular complexity index is 296. The molecule has 7 heteroatoms. The Hall–Kier alpha value is -0.760. The maximum Gasteiger partial charge on any atom is 0.202 e. The number of nitrogens with zero attached hydrogens (tertiary/aromatic N) is 2. The molecule has 0 fully saturated rings. The largest absolute Gasteiger partial charge is 0.383 e. The molecule has 0 aliphatic rings. The van der Waals surface area contributed by atoms with Crippen molar-refractivity contribution < 1.29 is 14.2 Å². The Morgan fingerprint density at radius 2 is 1.94 bits per heavy atom. The standard InChI is InChI=1S/C10H19N3O3S/c1-14-6-4-11-10-12-9(13-17-10)3-5-16-8-7-15-2/h3-8H2,1-2H3,(H,11,12,13). The van der Waals surface area contributed by atoms with E-state index in [-0.39, 0.29) is 0 Å². The van der Waals surface area contributed by atoms with Gasteiger partial charge in [0, 0.05) is 38.7 Å². The second-order valence-electron chi connectivity index (χ2n) is 3.29. The van der Waals surface area contributed by atoms with Gasteiger partial charge in [-0.1, -0.05) is 0 Å². The van der Waals surface area contributed by atoms with Gasteiger partial charge in [-0.3, -0.25) is 0 Å². The first-order valence-corrected chi connectivity index (χ1v) is 6.26. The maximum absolute atomic E-state index is 5.34. The van der Waals surface area contributed by atoms with E-state index in [0.29, 0.717) is 26.4 Å². The van der Waals surface area contributed by atoms with Gasteiger partial charge in [-0.15, -0.1) is 0 Å². The van der Waals surface area contributed by atoms with Gasteiger partial charge in [-0.25, -0.2) is 4.98 Å². The van der Waals surface area contributed by atoms with Crippen molar-refractivity contribution in [3.05, 3.63) is 5.82 Å². The SMILES string of the molecule is COCCNc1nc(CCOCCOC)ns1. The molecule has 1 rings (SSSR count). The molecule has 0 atom stereocenters. The summed E-state index contributed by atoms with van der Waals surface area (Å²) in [5, 5.41) is 3.96. The van der Waals surface area contributed by atoms with Crippen molar-refractivity contribution in [1.29, 1.82) is 0 Å². The van der Waals surface area contributed by atoms with Crippen molar-refractivity contribution in [2.24, 2.45) is 0 Å². The van der Waals surface area contributed by atoms with Crippen LogP contribution in [0.3, 0.4) is 0 Å². The molecule has 0 aliphatic heterocycles. The third-order valence-electron chi connectivity index (χ3n) is 1.95. The van der Waals surface area contributed by atoms with Crippen molar-refractivity contribution in [2.75, 3.05) is 52.5 Å². The molecule has 0 bridgehead atoms. The minimum atomic E-state index is 0.611. The first-order chi connectivity index (χ1) is 8.36. The van der Waals surface area contributed by atoms with Crippen LogP contribution in [0.1, 0.15) is 5.82 Å². The van der Waals surface area contributed by atoms with Crippen molar-refractivity contribution in [3.8, 4) is 0 Å². The van der Waals surface area contributed by atoms with Crippen LogP contribution >= 0.6 is 11.5 Å². The van der Waals surface area contributed by atoms with Crippen molar-refractivity contribution in [3.63, 3.8) is 0 Å². The predicted octanol–water partition coefficient (Wildman–Crippen LogP) is 0.802. The Morgan fingerprint density at radius 3 is 2.71 bits per heavy atom. The Morgan fingerprint density at radius 1 is 1.12 bits per heavy atom. The first-order valence-electron chi connectivity index (χ1n) is 5.49. The fourth-order valence-electron chi connectivity index (χ4n) is 1.10. The van der Waals surface area contributed by atoms with Gasteiger partial charge in [0.1, 0.15) is 5.82 Å². The number of anilines is 1. The van der Waals surface area contributed by atoms with Crippen LogP contribution in [0.25, 0.3) is 0 Å². The van der Waals surface area contributed by atoms with E-state index in [0.717, 1.165) is 23.9 Å². The molecule has 17 heavy (non-hydrogen) atoms. The topological polar surface area (TPSA) is 65.5 Å². The van der Waals surface area contributed by atoms with Gasteiger partial charge < -0.3 is 19.5 Å². The number of rotatable bonds is 10. The Balaban J connectivity index is 2.12. The van der Waals surface area contributed by atoms with Gasteiger partial charge in [0.05, 0.1) is 26.4 Å². The average molecular weight is 261 g/mol. The van der Waals surface area contributed by atoms with E-state index in [1.807, 2.05) is 0 Å². The summed E-state index contributed by atoms with van der Waals surface area (Å²) >= 11 is 1.36. The zero-order chi connectivity index (χ0) is 12.3. The molecule has 0 unspecified atom stereocenters. The van der Waals surface area contributed by atoms with E-state index in [4.69, 9.17) is 14.2 Å². The molecule has 0 amide bonds. The summed E-state index contributed by atoms with van der Waals surface area (Å²) in [6, 6.07) is 0. The second kappa shape index (κ2) is 9.29. The third kappa shape index (κ3) is 6.52. The van der Waals surface area contributed by atoms with Crippen LogP contribution in [-0.2, 0) is 20.6 Å². The minimum absolute atomic E-state index is 0.611. The van der Waals surface area contributed by atoms with E-state index < -0.39 is 0 Å². The van der Waals surface area contributed by atoms with Crippen LogP contribution in [-0.4, -0.2) is 56.5 Å². The molecule has 0 saturated heterocycles.